The van der Waals surface area contributed by atoms with Crippen LogP contribution in [0.5, 0.6) is 0 Å². The fraction of sp³-hybridized carbons (Fsp3) is 0.0714. The van der Waals surface area contributed by atoms with Crippen LogP contribution >= 0.6 is 0 Å². The number of hydrogen-bond donors (Lipinski definition) is 0. The van der Waals surface area contributed by atoms with Crippen LogP contribution in [0.25, 0.3) is 0 Å². The number of hydrazone groups is 2. The quantitative estimate of drug-likeness (QED) is 0.407. The summed E-state index contributed by atoms with van der Waals surface area (Å²) in [5, 5.41) is 12.2. The van der Waals surface area contributed by atoms with Gasteiger partial charge in [-0.15, -0.1) is 15.3 Å². The number of hydroxylamine groups is 2. The van der Waals surface area contributed by atoms with Crippen molar-refractivity contribution < 1.29 is 4.94 Å². The molecule has 6 rings (SSSR count). The molecule has 0 saturated heterocycles. The highest BCUT2D eigenvalue weighted by Crippen LogP contribution is 2.42. The van der Waals surface area contributed by atoms with Crippen LogP contribution in [0.2, 0.25) is 0 Å². The van der Waals surface area contributed by atoms with Gasteiger partial charge in [-0.05, 0) is 72.8 Å². The predicted octanol–water partition coefficient (Wildman–Crippen LogP) is 4.02. The fourth-order valence-electron chi connectivity index (χ4n) is 4.47. The summed E-state index contributed by atoms with van der Waals surface area (Å²) in [7, 11) is 0. The number of nitrogens with zero attached hydrogens (tertiary/aromatic N) is 8. The molecule has 0 amide bonds. The Bertz CT molecular complexity index is 1270. The van der Waals surface area contributed by atoms with E-state index in [-0.39, 0.29) is 0 Å². The Kier molecular flexibility index (Phi) is 5.80. The van der Waals surface area contributed by atoms with Crippen molar-refractivity contribution in [3.63, 3.8) is 0 Å². The van der Waals surface area contributed by atoms with E-state index in [9.17, 15) is 0 Å². The van der Waals surface area contributed by atoms with E-state index in [1.54, 1.807) is 37.2 Å². The number of hydrogen-bond acceptors (Lipinski definition) is 9. The zero-order chi connectivity index (χ0) is 25.0. The average molecular weight is 487 g/mol. The first-order chi connectivity index (χ1) is 18.3. The molecule has 0 unspecified atom stereocenters. The minimum absolute atomic E-state index is 0.680. The van der Waals surface area contributed by atoms with E-state index in [2.05, 4.69) is 30.1 Å². The molecule has 180 valence electrons. The van der Waals surface area contributed by atoms with Gasteiger partial charge in [0.25, 0.3) is 0 Å². The monoisotopic (exact) mass is 486 g/mol. The van der Waals surface area contributed by atoms with Crippen LogP contribution in [0.15, 0.2) is 132 Å². The Hall–Kier alpha value is -5.02. The molecule has 0 aromatic carbocycles. The van der Waals surface area contributed by atoms with E-state index < -0.39 is 11.1 Å². The molecular weight excluding hydrogens is 464 g/mol. The van der Waals surface area contributed by atoms with Crippen LogP contribution in [0.3, 0.4) is 0 Å². The van der Waals surface area contributed by atoms with Crippen molar-refractivity contribution in [2.24, 2.45) is 10.2 Å². The Morgan fingerprint density at radius 2 is 0.838 bits per heavy atom. The highest BCUT2D eigenvalue weighted by molar-refractivity contribution is 5.73. The molecule has 0 fully saturated rings. The van der Waals surface area contributed by atoms with E-state index in [1.807, 2.05) is 97.1 Å². The van der Waals surface area contributed by atoms with Gasteiger partial charge in [0.2, 0.25) is 0 Å². The van der Waals surface area contributed by atoms with Crippen LogP contribution in [-0.4, -0.2) is 42.7 Å². The SMILES string of the molecule is C1=CC(c2ccccn2)(c2ccccn2)N(ON2N=CC=CC2(c2ccccn2)c2ccccn2)N=C1. The Labute approximate surface area is 213 Å². The Balaban J connectivity index is 1.51. The minimum Gasteiger partial charge on any atom is -0.258 e. The second kappa shape index (κ2) is 9.56. The smallest absolute Gasteiger partial charge is 0.191 e. The lowest BCUT2D eigenvalue weighted by molar-refractivity contribution is -0.376. The summed E-state index contributed by atoms with van der Waals surface area (Å²) in [5.74, 6) is 0. The normalized spacial score (nSPS) is 17.2. The third-order valence-electron chi connectivity index (χ3n) is 6.17. The summed E-state index contributed by atoms with van der Waals surface area (Å²) >= 11 is 0. The molecular formula is C28H22N8O. The summed E-state index contributed by atoms with van der Waals surface area (Å²) in [6, 6.07) is 22.8. The van der Waals surface area contributed by atoms with Crippen LogP contribution in [0.1, 0.15) is 22.8 Å². The van der Waals surface area contributed by atoms with Crippen molar-refractivity contribution in [3.8, 4) is 0 Å². The number of rotatable bonds is 6. The maximum Gasteiger partial charge on any atom is 0.191 e. The topological polar surface area (TPSA) is 92.0 Å². The lowest BCUT2D eigenvalue weighted by atomic mass is 9.88. The van der Waals surface area contributed by atoms with Crippen LogP contribution in [0.4, 0.5) is 0 Å². The lowest BCUT2D eigenvalue weighted by Crippen LogP contribution is -2.53. The van der Waals surface area contributed by atoms with Gasteiger partial charge in [-0.3, -0.25) is 19.9 Å². The zero-order valence-electron chi connectivity index (χ0n) is 19.7. The van der Waals surface area contributed by atoms with Gasteiger partial charge in [0, 0.05) is 37.2 Å². The van der Waals surface area contributed by atoms with Gasteiger partial charge >= 0.3 is 0 Å². The average Bonchev–Trinajstić information content (AvgIpc) is 3.00. The van der Waals surface area contributed by atoms with E-state index in [0.29, 0.717) is 22.8 Å². The summed E-state index contributed by atoms with van der Waals surface area (Å²) in [6.07, 6.45) is 17.9. The van der Waals surface area contributed by atoms with Gasteiger partial charge in [0.1, 0.15) is 0 Å². The molecule has 0 bridgehead atoms. The predicted molar refractivity (Wildman–Crippen MR) is 139 cm³/mol. The molecule has 0 atom stereocenters. The van der Waals surface area contributed by atoms with Crippen LogP contribution in [-0.2, 0) is 16.0 Å². The first kappa shape index (κ1) is 22.4. The molecule has 2 aliphatic rings. The van der Waals surface area contributed by atoms with Gasteiger partial charge < -0.3 is 0 Å². The number of aromatic nitrogens is 4. The molecule has 4 aromatic heterocycles. The molecule has 2 aliphatic heterocycles. The van der Waals surface area contributed by atoms with Crippen LogP contribution in [0, 0.1) is 0 Å². The Morgan fingerprint density at radius 1 is 0.486 bits per heavy atom. The molecule has 9 heteroatoms. The van der Waals surface area contributed by atoms with Crippen molar-refractivity contribution in [3.05, 3.63) is 145 Å². The molecule has 0 saturated carbocycles. The maximum atomic E-state index is 6.59. The molecule has 0 radical (unpaired) electrons. The summed E-state index contributed by atoms with van der Waals surface area (Å²) in [4.78, 5) is 25.2. The molecule has 37 heavy (non-hydrogen) atoms. The van der Waals surface area contributed by atoms with Gasteiger partial charge in [0.15, 0.2) is 11.1 Å². The third-order valence-corrected chi connectivity index (χ3v) is 6.17. The second-order valence-corrected chi connectivity index (χ2v) is 8.27. The third kappa shape index (κ3) is 3.78. The highest BCUT2D eigenvalue weighted by Gasteiger charge is 2.49. The van der Waals surface area contributed by atoms with Crippen LogP contribution < -0.4 is 0 Å². The molecule has 9 nitrogen and oxygen atoms in total. The van der Waals surface area contributed by atoms with E-state index >= 15 is 0 Å². The van der Waals surface area contributed by atoms with E-state index in [1.165, 1.54) is 10.3 Å². The van der Waals surface area contributed by atoms with Crippen molar-refractivity contribution >= 4 is 12.4 Å². The molecule has 0 N–H and O–H groups in total. The summed E-state index contributed by atoms with van der Waals surface area (Å²) < 4.78 is 0. The van der Waals surface area contributed by atoms with Gasteiger partial charge in [-0.25, -0.2) is 0 Å². The molecule has 0 spiro atoms. The molecule has 4 aromatic rings. The maximum absolute atomic E-state index is 6.59. The van der Waals surface area contributed by atoms with Crippen molar-refractivity contribution in [1.29, 1.82) is 0 Å². The van der Waals surface area contributed by atoms with Gasteiger partial charge in [0.05, 0.1) is 22.8 Å². The summed E-state index contributed by atoms with van der Waals surface area (Å²) in [6.45, 7) is 0. The van der Waals surface area contributed by atoms with Crippen molar-refractivity contribution in [1.82, 2.24) is 30.3 Å². The second-order valence-electron chi connectivity index (χ2n) is 8.27. The van der Waals surface area contributed by atoms with Gasteiger partial charge in [-0.2, -0.15) is 10.2 Å². The summed E-state index contributed by atoms with van der Waals surface area (Å²) in [5.41, 5.74) is 0.570. The largest absolute Gasteiger partial charge is 0.258 e. The fourth-order valence-corrected chi connectivity index (χ4v) is 4.47. The molecule has 6 heterocycles. The molecule has 0 aliphatic carbocycles. The number of pyridine rings is 4. The van der Waals surface area contributed by atoms with Crippen molar-refractivity contribution in [2.75, 3.05) is 0 Å². The highest BCUT2D eigenvalue weighted by atomic mass is 16.9. The van der Waals surface area contributed by atoms with Gasteiger partial charge in [-0.1, -0.05) is 24.3 Å². The minimum atomic E-state index is -1.08. The first-order valence-electron chi connectivity index (χ1n) is 11.7. The number of allylic oxidation sites excluding steroid dienone is 2. The van der Waals surface area contributed by atoms with E-state index in [4.69, 9.17) is 4.94 Å². The van der Waals surface area contributed by atoms with Crippen molar-refractivity contribution in [2.45, 2.75) is 11.1 Å². The zero-order valence-corrected chi connectivity index (χ0v) is 19.7. The standard InChI is InChI=1S/C28H22N8O/c1-5-17-29-23(11-1)27(24-12-2-6-18-30-24)15-9-21-33-35(27)37-36-28(16-10-22-34-36,25-13-3-7-19-31-25)26-14-4-8-20-32-26/h1-22H. The first-order valence-corrected chi connectivity index (χ1v) is 11.7. The van der Waals surface area contributed by atoms with E-state index in [0.717, 1.165) is 0 Å². The lowest BCUT2D eigenvalue weighted by Gasteiger charge is -2.44. The Morgan fingerprint density at radius 3 is 1.14 bits per heavy atom.